The molecule has 0 radical (unpaired) electrons. The van der Waals surface area contributed by atoms with Gasteiger partial charge in [0, 0.05) is 25.2 Å². The molecular weight excluding hydrogens is 336 g/mol. The maximum absolute atomic E-state index is 12.5. The molecule has 4 nitrogen and oxygen atoms in total. The molecule has 1 N–H and O–H groups in total. The quantitative estimate of drug-likeness (QED) is 0.864. The number of rotatable bonds is 5. The number of benzene rings is 1. The van der Waals surface area contributed by atoms with Crippen LogP contribution in [-0.2, 0) is 4.79 Å². The standard InChI is InChI=1S/C20H30N2O2.ClH/c1-13(2)19-8-7-18(9-14(19)3)24-12-20(23)22(4)17-10-15-5-6-16(11-17)21-15;/h7-9,13,15-17,21H,5-6,10-12H2,1-4H3;1H. The van der Waals surface area contributed by atoms with E-state index in [0.29, 0.717) is 24.0 Å². The number of carbonyl (C=O) groups is 1. The Morgan fingerprint density at radius 2 is 1.92 bits per heavy atom. The van der Waals surface area contributed by atoms with Crippen molar-refractivity contribution in [1.82, 2.24) is 10.2 Å². The zero-order valence-electron chi connectivity index (χ0n) is 15.7. The summed E-state index contributed by atoms with van der Waals surface area (Å²) in [7, 11) is 1.92. The summed E-state index contributed by atoms with van der Waals surface area (Å²) >= 11 is 0. The molecule has 0 spiro atoms. The summed E-state index contributed by atoms with van der Waals surface area (Å²) in [4.78, 5) is 14.4. The van der Waals surface area contributed by atoms with E-state index in [-0.39, 0.29) is 24.9 Å². The zero-order chi connectivity index (χ0) is 17.3. The molecule has 0 saturated carbocycles. The van der Waals surface area contributed by atoms with E-state index in [1.807, 2.05) is 24.1 Å². The number of hydrogen-bond donors (Lipinski definition) is 1. The van der Waals surface area contributed by atoms with Gasteiger partial charge in [-0.3, -0.25) is 4.79 Å². The summed E-state index contributed by atoms with van der Waals surface area (Å²) in [6.45, 7) is 6.60. The minimum absolute atomic E-state index is 0. The fourth-order valence-corrected chi connectivity index (χ4v) is 4.18. The SMILES string of the molecule is Cc1cc(OCC(=O)N(C)C2CC3CCC(C2)N3)ccc1C(C)C.Cl. The number of aryl methyl sites for hydroxylation is 1. The van der Waals surface area contributed by atoms with Gasteiger partial charge in [-0.25, -0.2) is 0 Å². The molecule has 2 bridgehead atoms. The molecule has 0 aromatic heterocycles. The Morgan fingerprint density at radius 1 is 1.28 bits per heavy atom. The summed E-state index contributed by atoms with van der Waals surface area (Å²) in [6.07, 6.45) is 4.64. The Morgan fingerprint density at radius 3 is 2.48 bits per heavy atom. The first-order chi connectivity index (χ1) is 11.4. The highest BCUT2D eigenvalue weighted by molar-refractivity contribution is 5.85. The molecule has 2 unspecified atom stereocenters. The highest BCUT2D eigenvalue weighted by Gasteiger charge is 2.36. The Kier molecular flexibility index (Phi) is 6.75. The lowest BCUT2D eigenvalue weighted by Crippen LogP contribution is -2.49. The summed E-state index contributed by atoms with van der Waals surface area (Å²) in [5, 5.41) is 3.62. The fourth-order valence-electron chi connectivity index (χ4n) is 4.18. The fraction of sp³-hybridized carbons (Fsp3) is 0.650. The van der Waals surface area contributed by atoms with Crippen LogP contribution in [0.1, 0.15) is 56.6 Å². The number of carbonyl (C=O) groups excluding carboxylic acids is 1. The van der Waals surface area contributed by atoms with E-state index in [1.54, 1.807) is 0 Å². The molecule has 5 heteroatoms. The van der Waals surface area contributed by atoms with Crippen LogP contribution in [0.15, 0.2) is 18.2 Å². The smallest absolute Gasteiger partial charge is 0.260 e. The number of ether oxygens (including phenoxy) is 1. The van der Waals surface area contributed by atoms with Crippen LogP contribution >= 0.6 is 12.4 Å². The van der Waals surface area contributed by atoms with Crippen molar-refractivity contribution >= 4 is 18.3 Å². The van der Waals surface area contributed by atoms with Crippen molar-refractivity contribution in [3.05, 3.63) is 29.3 Å². The van der Waals surface area contributed by atoms with E-state index in [4.69, 9.17) is 4.74 Å². The summed E-state index contributed by atoms with van der Waals surface area (Å²) < 4.78 is 5.76. The third-order valence-electron chi connectivity index (χ3n) is 5.61. The maximum Gasteiger partial charge on any atom is 0.260 e. The van der Waals surface area contributed by atoms with Crippen LogP contribution in [0.5, 0.6) is 5.75 Å². The number of nitrogens with zero attached hydrogens (tertiary/aromatic N) is 1. The Labute approximate surface area is 157 Å². The lowest BCUT2D eigenvalue weighted by Gasteiger charge is -2.35. The van der Waals surface area contributed by atoms with Crippen molar-refractivity contribution in [2.75, 3.05) is 13.7 Å². The third kappa shape index (κ3) is 4.68. The lowest BCUT2D eigenvalue weighted by atomic mass is 9.98. The average Bonchev–Trinajstić information content (AvgIpc) is 2.89. The second-order valence-electron chi connectivity index (χ2n) is 7.73. The number of hydrogen-bond acceptors (Lipinski definition) is 3. The first-order valence-corrected chi connectivity index (χ1v) is 9.19. The van der Waals surface area contributed by atoms with Crippen molar-refractivity contribution in [2.45, 2.75) is 70.5 Å². The predicted molar refractivity (Wildman–Crippen MR) is 104 cm³/mol. The molecule has 1 aromatic carbocycles. The van der Waals surface area contributed by atoms with Crippen molar-refractivity contribution < 1.29 is 9.53 Å². The Balaban J connectivity index is 0.00000225. The minimum Gasteiger partial charge on any atom is -0.484 e. The molecule has 1 amide bonds. The van der Waals surface area contributed by atoms with Gasteiger partial charge in [-0.05, 0) is 61.8 Å². The van der Waals surface area contributed by atoms with E-state index >= 15 is 0 Å². The number of likely N-dealkylation sites (N-methyl/N-ethyl adjacent to an activating group) is 1. The maximum atomic E-state index is 12.5. The van der Waals surface area contributed by atoms with E-state index in [1.165, 1.54) is 24.0 Å². The third-order valence-corrected chi connectivity index (χ3v) is 5.61. The number of piperidine rings is 1. The van der Waals surface area contributed by atoms with Gasteiger partial charge in [0.25, 0.3) is 5.91 Å². The topological polar surface area (TPSA) is 41.6 Å². The molecular formula is C20H31ClN2O2. The largest absolute Gasteiger partial charge is 0.484 e. The summed E-state index contributed by atoms with van der Waals surface area (Å²) in [5.41, 5.74) is 2.55. The van der Waals surface area contributed by atoms with Gasteiger partial charge < -0.3 is 15.0 Å². The van der Waals surface area contributed by atoms with Gasteiger partial charge in [0.1, 0.15) is 5.75 Å². The van der Waals surface area contributed by atoms with Crippen molar-refractivity contribution in [3.63, 3.8) is 0 Å². The molecule has 2 atom stereocenters. The van der Waals surface area contributed by atoms with Gasteiger partial charge in [-0.15, -0.1) is 12.4 Å². The van der Waals surface area contributed by atoms with Crippen molar-refractivity contribution in [1.29, 1.82) is 0 Å². The first kappa shape index (κ1) is 20.1. The average molecular weight is 367 g/mol. The monoisotopic (exact) mass is 366 g/mol. The molecule has 2 fully saturated rings. The summed E-state index contributed by atoms with van der Waals surface area (Å²) in [6, 6.07) is 7.65. The minimum atomic E-state index is 0. The number of halogens is 1. The molecule has 2 saturated heterocycles. The second kappa shape index (κ2) is 8.41. The van der Waals surface area contributed by atoms with Gasteiger partial charge in [0.05, 0.1) is 0 Å². The molecule has 140 valence electrons. The van der Waals surface area contributed by atoms with Crippen LogP contribution < -0.4 is 10.1 Å². The molecule has 3 rings (SSSR count). The molecule has 25 heavy (non-hydrogen) atoms. The van der Waals surface area contributed by atoms with E-state index < -0.39 is 0 Å². The number of fused-ring (bicyclic) bond motifs is 2. The van der Waals surface area contributed by atoms with Gasteiger partial charge in [0.2, 0.25) is 0 Å². The van der Waals surface area contributed by atoms with E-state index in [9.17, 15) is 4.79 Å². The van der Waals surface area contributed by atoms with Gasteiger partial charge in [-0.1, -0.05) is 19.9 Å². The van der Waals surface area contributed by atoms with Crippen LogP contribution in [0.4, 0.5) is 0 Å². The van der Waals surface area contributed by atoms with Crippen LogP contribution in [-0.4, -0.2) is 42.6 Å². The van der Waals surface area contributed by atoms with Gasteiger partial charge in [0.15, 0.2) is 6.61 Å². The van der Waals surface area contributed by atoms with Gasteiger partial charge in [-0.2, -0.15) is 0 Å². The number of amides is 1. The van der Waals surface area contributed by atoms with E-state index in [0.717, 1.165) is 18.6 Å². The molecule has 1 aromatic rings. The highest BCUT2D eigenvalue weighted by Crippen LogP contribution is 2.29. The molecule has 2 aliphatic rings. The highest BCUT2D eigenvalue weighted by atomic mass is 35.5. The Bertz CT molecular complexity index is 593. The first-order valence-electron chi connectivity index (χ1n) is 9.19. The van der Waals surface area contributed by atoms with Gasteiger partial charge >= 0.3 is 0 Å². The van der Waals surface area contributed by atoms with Crippen LogP contribution in [0.25, 0.3) is 0 Å². The normalized spacial score (nSPS) is 24.8. The van der Waals surface area contributed by atoms with Crippen LogP contribution in [0.3, 0.4) is 0 Å². The predicted octanol–water partition coefficient (Wildman–Crippen LogP) is 3.66. The lowest BCUT2D eigenvalue weighted by molar-refractivity contribution is -0.134. The Hall–Kier alpha value is -1.26. The van der Waals surface area contributed by atoms with Crippen molar-refractivity contribution in [2.24, 2.45) is 0 Å². The van der Waals surface area contributed by atoms with Crippen LogP contribution in [0, 0.1) is 6.92 Å². The molecule has 2 heterocycles. The number of nitrogens with one attached hydrogen (secondary N) is 1. The van der Waals surface area contributed by atoms with Crippen molar-refractivity contribution in [3.8, 4) is 5.75 Å². The van der Waals surface area contributed by atoms with E-state index in [2.05, 4.69) is 32.2 Å². The molecule has 0 aliphatic carbocycles. The summed E-state index contributed by atoms with van der Waals surface area (Å²) in [5.74, 6) is 1.36. The van der Waals surface area contributed by atoms with Crippen LogP contribution in [0.2, 0.25) is 0 Å². The second-order valence-corrected chi connectivity index (χ2v) is 7.73. The molecule has 2 aliphatic heterocycles. The zero-order valence-corrected chi connectivity index (χ0v) is 16.6.